The fraction of sp³-hybridized carbons (Fsp3) is 0.455. The van der Waals surface area contributed by atoms with Gasteiger partial charge in [-0.1, -0.05) is 13.0 Å². The monoisotopic (exact) mass is 290 g/mol. The van der Waals surface area contributed by atoms with E-state index in [2.05, 4.69) is 0 Å². The molecular formula is C11H15FN2O4S. The Balaban J connectivity index is 2.89. The Morgan fingerprint density at radius 2 is 2.11 bits per heavy atom. The molecule has 1 rings (SSSR count). The first-order valence-electron chi connectivity index (χ1n) is 5.64. The molecule has 8 heteroatoms. The lowest BCUT2D eigenvalue weighted by Gasteiger charge is -2.09. The number of halogens is 1. The summed E-state index contributed by atoms with van der Waals surface area (Å²) >= 11 is 0. The van der Waals surface area contributed by atoms with E-state index in [4.69, 9.17) is 5.73 Å². The molecule has 0 aliphatic heterocycles. The van der Waals surface area contributed by atoms with Crippen LogP contribution in [0.25, 0.3) is 0 Å². The normalized spacial score (nSPS) is 13.2. The first-order valence-corrected chi connectivity index (χ1v) is 7.46. The number of nitrogens with zero attached hydrogens (tertiary/aromatic N) is 1. The zero-order valence-electron chi connectivity index (χ0n) is 10.4. The van der Waals surface area contributed by atoms with Gasteiger partial charge in [-0.3, -0.25) is 10.1 Å². The average Bonchev–Trinajstić information content (AvgIpc) is 2.26. The SMILES string of the molecule is CCC(N)CS(=O)(=O)Cc1ccc([N+](=O)[O-])c(F)c1. The lowest BCUT2D eigenvalue weighted by molar-refractivity contribution is -0.387. The van der Waals surface area contributed by atoms with E-state index in [1.54, 1.807) is 6.92 Å². The summed E-state index contributed by atoms with van der Waals surface area (Å²) in [7, 11) is -3.46. The Morgan fingerprint density at radius 1 is 1.47 bits per heavy atom. The van der Waals surface area contributed by atoms with Crippen molar-refractivity contribution in [1.29, 1.82) is 0 Å². The van der Waals surface area contributed by atoms with Crippen LogP contribution in [0.4, 0.5) is 10.1 Å². The van der Waals surface area contributed by atoms with Gasteiger partial charge < -0.3 is 5.73 Å². The number of nitro groups is 1. The molecule has 0 aliphatic rings. The summed E-state index contributed by atoms with van der Waals surface area (Å²) in [6.45, 7) is 1.77. The first-order chi connectivity index (χ1) is 8.75. The molecule has 0 saturated carbocycles. The van der Waals surface area contributed by atoms with Crippen molar-refractivity contribution in [2.75, 3.05) is 5.75 Å². The number of sulfone groups is 1. The lowest BCUT2D eigenvalue weighted by Crippen LogP contribution is -2.29. The van der Waals surface area contributed by atoms with Gasteiger partial charge in [-0.05, 0) is 18.1 Å². The van der Waals surface area contributed by atoms with Gasteiger partial charge in [0.1, 0.15) is 0 Å². The van der Waals surface area contributed by atoms with Crippen molar-refractivity contribution >= 4 is 15.5 Å². The molecule has 0 saturated heterocycles. The molecule has 1 aromatic carbocycles. The number of nitrogens with two attached hydrogens (primary N) is 1. The van der Waals surface area contributed by atoms with Gasteiger partial charge in [0.25, 0.3) is 0 Å². The van der Waals surface area contributed by atoms with Crippen LogP contribution in [0, 0.1) is 15.9 Å². The van der Waals surface area contributed by atoms with Gasteiger partial charge in [0.15, 0.2) is 9.84 Å². The number of rotatable bonds is 6. The number of hydrogen-bond donors (Lipinski definition) is 1. The molecule has 0 heterocycles. The van der Waals surface area contributed by atoms with E-state index in [1.807, 2.05) is 0 Å². The molecule has 0 amide bonds. The average molecular weight is 290 g/mol. The molecule has 0 aliphatic carbocycles. The molecule has 0 aromatic heterocycles. The van der Waals surface area contributed by atoms with Crippen LogP contribution in [0.5, 0.6) is 0 Å². The van der Waals surface area contributed by atoms with Crippen LogP contribution in [0.1, 0.15) is 18.9 Å². The Kier molecular flexibility index (Phi) is 4.96. The van der Waals surface area contributed by atoms with Gasteiger partial charge in [0.05, 0.1) is 16.4 Å². The van der Waals surface area contributed by atoms with Crippen LogP contribution >= 0.6 is 0 Å². The van der Waals surface area contributed by atoms with Crippen molar-refractivity contribution in [2.45, 2.75) is 25.1 Å². The smallest absolute Gasteiger partial charge is 0.304 e. The van der Waals surface area contributed by atoms with Gasteiger partial charge in [0, 0.05) is 12.1 Å². The summed E-state index contributed by atoms with van der Waals surface area (Å²) in [5, 5.41) is 10.4. The predicted molar refractivity (Wildman–Crippen MR) is 68.8 cm³/mol. The topological polar surface area (TPSA) is 103 Å². The van der Waals surface area contributed by atoms with Crippen molar-refractivity contribution in [3.05, 3.63) is 39.7 Å². The van der Waals surface area contributed by atoms with Crippen molar-refractivity contribution in [3.63, 3.8) is 0 Å². The molecular weight excluding hydrogens is 275 g/mol. The quantitative estimate of drug-likeness (QED) is 0.629. The largest absolute Gasteiger partial charge is 0.327 e. The fourth-order valence-electron chi connectivity index (χ4n) is 1.55. The maximum Gasteiger partial charge on any atom is 0.304 e. The van der Waals surface area contributed by atoms with E-state index in [9.17, 15) is 22.9 Å². The van der Waals surface area contributed by atoms with E-state index < -0.39 is 32.3 Å². The molecule has 1 aromatic rings. The highest BCUT2D eigenvalue weighted by atomic mass is 32.2. The maximum absolute atomic E-state index is 13.3. The van der Waals surface area contributed by atoms with E-state index in [0.717, 1.165) is 12.1 Å². The summed E-state index contributed by atoms with van der Waals surface area (Å²) in [6, 6.07) is 2.59. The Bertz CT molecular complexity index is 574. The maximum atomic E-state index is 13.3. The second-order valence-corrected chi connectivity index (χ2v) is 6.37. The third-order valence-electron chi connectivity index (χ3n) is 2.59. The molecule has 2 N–H and O–H groups in total. The van der Waals surface area contributed by atoms with Crippen molar-refractivity contribution in [2.24, 2.45) is 5.73 Å². The minimum Gasteiger partial charge on any atom is -0.327 e. The molecule has 6 nitrogen and oxygen atoms in total. The van der Waals surface area contributed by atoms with E-state index >= 15 is 0 Å². The second-order valence-electron chi connectivity index (χ2n) is 4.27. The molecule has 1 atom stereocenters. The Labute approximate surface area is 110 Å². The first kappa shape index (κ1) is 15.5. The summed E-state index contributed by atoms with van der Waals surface area (Å²) < 4.78 is 36.9. The summed E-state index contributed by atoms with van der Waals surface area (Å²) in [5.74, 6) is -1.62. The fourth-order valence-corrected chi connectivity index (χ4v) is 3.24. The van der Waals surface area contributed by atoms with Crippen LogP contribution in [-0.2, 0) is 15.6 Å². The number of benzene rings is 1. The summed E-state index contributed by atoms with van der Waals surface area (Å²) in [4.78, 5) is 9.57. The predicted octanol–water partition coefficient (Wildman–Crippen LogP) is 1.39. The van der Waals surface area contributed by atoms with Crippen molar-refractivity contribution < 1.29 is 17.7 Å². The zero-order chi connectivity index (χ0) is 14.6. The summed E-state index contributed by atoms with van der Waals surface area (Å²) in [5.41, 5.74) is 5.06. The molecule has 106 valence electrons. The van der Waals surface area contributed by atoms with Gasteiger partial charge in [-0.15, -0.1) is 0 Å². The molecule has 0 fully saturated rings. The van der Waals surface area contributed by atoms with Gasteiger partial charge in [-0.25, -0.2) is 8.42 Å². The third kappa shape index (κ3) is 4.56. The second kappa shape index (κ2) is 6.07. The van der Waals surface area contributed by atoms with E-state index in [0.29, 0.717) is 6.42 Å². The highest BCUT2D eigenvalue weighted by Crippen LogP contribution is 2.19. The van der Waals surface area contributed by atoms with E-state index in [-0.39, 0.29) is 17.1 Å². The molecule has 19 heavy (non-hydrogen) atoms. The van der Waals surface area contributed by atoms with Crippen LogP contribution in [0.15, 0.2) is 18.2 Å². The van der Waals surface area contributed by atoms with Crippen LogP contribution < -0.4 is 5.73 Å². The minimum atomic E-state index is -3.46. The summed E-state index contributed by atoms with van der Waals surface area (Å²) in [6.07, 6.45) is 0.522. The third-order valence-corrected chi connectivity index (χ3v) is 4.30. The molecule has 0 spiro atoms. The highest BCUT2D eigenvalue weighted by Gasteiger charge is 2.19. The standard InChI is InChI=1S/C11H15FN2O4S/c1-2-9(13)7-19(17,18)6-8-3-4-11(14(15)16)10(12)5-8/h3-5,9H,2,6-7,13H2,1H3. The highest BCUT2D eigenvalue weighted by molar-refractivity contribution is 7.90. The van der Waals surface area contributed by atoms with Crippen LogP contribution in [-0.4, -0.2) is 25.1 Å². The van der Waals surface area contributed by atoms with Crippen molar-refractivity contribution in [3.8, 4) is 0 Å². The van der Waals surface area contributed by atoms with Crippen LogP contribution in [0.2, 0.25) is 0 Å². The lowest BCUT2D eigenvalue weighted by atomic mass is 10.2. The molecule has 1 unspecified atom stereocenters. The zero-order valence-corrected chi connectivity index (χ0v) is 11.2. The number of nitro benzene ring substituents is 1. The van der Waals surface area contributed by atoms with Gasteiger partial charge >= 0.3 is 5.69 Å². The minimum absolute atomic E-state index is 0.173. The van der Waals surface area contributed by atoms with Crippen molar-refractivity contribution in [1.82, 2.24) is 0 Å². The molecule has 0 bridgehead atoms. The van der Waals surface area contributed by atoms with Gasteiger partial charge in [-0.2, -0.15) is 4.39 Å². The number of hydrogen-bond acceptors (Lipinski definition) is 5. The Morgan fingerprint density at radius 3 is 2.58 bits per heavy atom. The van der Waals surface area contributed by atoms with Crippen LogP contribution in [0.3, 0.4) is 0 Å². The van der Waals surface area contributed by atoms with Gasteiger partial charge in [0.2, 0.25) is 5.82 Å². The molecule has 0 radical (unpaired) electrons. The Hall–Kier alpha value is -1.54. The van der Waals surface area contributed by atoms with E-state index in [1.165, 1.54) is 6.07 Å².